The second-order valence-corrected chi connectivity index (χ2v) is 6.19. The molecule has 0 N–H and O–H groups in total. The van der Waals surface area contributed by atoms with Crippen molar-refractivity contribution in [3.63, 3.8) is 0 Å². The molecule has 0 fully saturated rings. The van der Waals surface area contributed by atoms with Crippen molar-refractivity contribution in [2.45, 2.75) is 0 Å². The molecular formula is C20H16ClN3O. The molecule has 2 heterocycles. The molecule has 4 nitrogen and oxygen atoms in total. The van der Waals surface area contributed by atoms with Gasteiger partial charge in [0.2, 0.25) is 0 Å². The number of benzene rings is 2. The molecule has 0 atom stereocenters. The molecule has 0 unspecified atom stereocenters. The van der Waals surface area contributed by atoms with Gasteiger partial charge in [-0.15, -0.1) is 0 Å². The van der Waals surface area contributed by atoms with E-state index in [0.29, 0.717) is 5.02 Å². The van der Waals surface area contributed by atoms with Gasteiger partial charge in [-0.2, -0.15) is 0 Å². The zero-order valence-electron chi connectivity index (χ0n) is 13.9. The fourth-order valence-electron chi connectivity index (χ4n) is 2.99. The van der Waals surface area contributed by atoms with E-state index in [-0.39, 0.29) is 0 Å². The van der Waals surface area contributed by atoms with Crippen LogP contribution in [0.5, 0.6) is 5.75 Å². The summed E-state index contributed by atoms with van der Waals surface area (Å²) in [5.41, 5.74) is 4.66. The second kappa shape index (κ2) is 6.22. The van der Waals surface area contributed by atoms with E-state index in [1.807, 2.05) is 66.5 Å². The smallest absolute Gasteiger partial charge is 0.158 e. The van der Waals surface area contributed by atoms with Crippen LogP contribution in [0, 0.1) is 0 Å². The average Bonchev–Trinajstić information content (AvgIpc) is 2.77. The summed E-state index contributed by atoms with van der Waals surface area (Å²) in [6, 6.07) is 17.6. The molecule has 4 rings (SSSR count). The van der Waals surface area contributed by atoms with Crippen LogP contribution in [0.2, 0.25) is 5.02 Å². The van der Waals surface area contributed by atoms with Crippen LogP contribution >= 0.6 is 11.6 Å². The van der Waals surface area contributed by atoms with E-state index in [0.717, 1.165) is 39.8 Å². The molecule has 124 valence electrons. The maximum absolute atomic E-state index is 6.28. The summed E-state index contributed by atoms with van der Waals surface area (Å²) in [5, 5.41) is 0.673. The van der Waals surface area contributed by atoms with E-state index >= 15 is 0 Å². The molecule has 25 heavy (non-hydrogen) atoms. The first kappa shape index (κ1) is 15.7. The van der Waals surface area contributed by atoms with Gasteiger partial charge < -0.3 is 9.64 Å². The van der Waals surface area contributed by atoms with Crippen molar-refractivity contribution in [1.82, 2.24) is 4.98 Å². The number of nitrogens with zero attached hydrogens (tertiary/aromatic N) is 3. The van der Waals surface area contributed by atoms with Crippen LogP contribution in [0.1, 0.15) is 11.1 Å². The summed E-state index contributed by atoms with van der Waals surface area (Å²) in [7, 11) is 3.65. The van der Waals surface area contributed by atoms with Gasteiger partial charge in [-0.3, -0.25) is 0 Å². The van der Waals surface area contributed by atoms with E-state index in [2.05, 4.69) is 4.98 Å². The molecule has 0 saturated heterocycles. The van der Waals surface area contributed by atoms with Crippen molar-refractivity contribution in [3.8, 4) is 5.75 Å². The third-order valence-electron chi connectivity index (χ3n) is 4.25. The van der Waals surface area contributed by atoms with Crippen LogP contribution in [0.15, 0.2) is 65.8 Å². The Labute approximate surface area is 151 Å². The summed E-state index contributed by atoms with van der Waals surface area (Å²) < 4.78 is 5.26. The number of hydrogen-bond acceptors (Lipinski definition) is 4. The number of pyridine rings is 1. The summed E-state index contributed by atoms with van der Waals surface area (Å²) in [4.78, 5) is 11.5. The Hall–Kier alpha value is -2.85. The van der Waals surface area contributed by atoms with Gasteiger partial charge in [0.1, 0.15) is 11.4 Å². The first-order valence-corrected chi connectivity index (χ1v) is 8.27. The van der Waals surface area contributed by atoms with Crippen LogP contribution < -0.4 is 9.64 Å². The standard InChI is InChI=1S/C20H16ClN3O/c1-24-18-10-7-14(21)12-16(18)19(13-5-8-15(25-2)9-6-13)23-17-4-3-11-22-20(17)24/h3-12H,1-2H3. The molecule has 0 amide bonds. The molecule has 2 aromatic carbocycles. The largest absolute Gasteiger partial charge is 0.497 e. The number of rotatable bonds is 2. The van der Waals surface area contributed by atoms with E-state index in [4.69, 9.17) is 21.3 Å². The van der Waals surface area contributed by atoms with Crippen LogP contribution in [0.4, 0.5) is 17.2 Å². The molecule has 0 aliphatic carbocycles. The maximum Gasteiger partial charge on any atom is 0.158 e. The highest BCUT2D eigenvalue weighted by atomic mass is 35.5. The Morgan fingerprint density at radius 3 is 2.60 bits per heavy atom. The van der Waals surface area contributed by atoms with Crippen molar-refractivity contribution in [2.75, 3.05) is 19.1 Å². The first-order chi connectivity index (χ1) is 12.2. The van der Waals surface area contributed by atoms with Crippen molar-refractivity contribution in [1.29, 1.82) is 0 Å². The fourth-order valence-corrected chi connectivity index (χ4v) is 3.16. The van der Waals surface area contributed by atoms with Crippen molar-refractivity contribution in [2.24, 2.45) is 4.99 Å². The van der Waals surface area contributed by atoms with Gasteiger partial charge in [-0.1, -0.05) is 11.6 Å². The number of aromatic nitrogens is 1. The topological polar surface area (TPSA) is 37.7 Å². The Morgan fingerprint density at radius 2 is 1.84 bits per heavy atom. The molecule has 1 aliphatic heterocycles. The lowest BCUT2D eigenvalue weighted by atomic mass is 10.00. The Bertz CT molecular complexity index is 967. The number of halogens is 1. The number of aliphatic imine (C=N–C) groups is 1. The van der Waals surface area contributed by atoms with Crippen LogP contribution in [-0.2, 0) is 0 Å². The lowest BCUT2D eigenvalue weighted by Crippen LogP contribution is -2.13. The van der Waals surface area contributed by atoms with E-state index in [1.54, 1.807) is 13.3 Å². The van der Waals surface area contributed by atoms with E-state index in [9.17, 15) is 0 Å². The monoisotopic (exact) mass is 349 g/mol. The lowest BCUT2D eigenvalue weighted by Gasteiger charge is -2.20. The van der Waals surface area contributed by atoms with Gasteiger partial charge in [0, 0.05) is 29.4 Å². The number of ether oxygens (including phenoxy) is 1. The zero-order valence-corrected chi connectivity index (χ0v) is 14.7. The van der Waals surface area contributed by atoms with Gasteiger partial charge in [0.05, 0.1) is 18.5 Å². The van der Waals surface area contributed by atoms with Crippen molar-refractivity contribution >= 4 is 34.5 Å². The minimum Gasteiger partial charge on any atom is -0.497 e. The average molecular weight is 350 g/mol. The molecule has 0 spiro atoms. The molecule has 1 aromatic heterocycles. The maximum atomic E-state index is 6.28. The van der Waals surface area contributed by atoms with Gasteiger partial charge in [0.15, 0.2) is 5.82 Å². The normalized spacial score (nSPS) is 12.8. The van der Waals surface area contributed by atoms with E-state index < -0.39 is 0 Å². The zero-order chi connectivity index (χ0) is 17.4. The highest BCUT2D eigenvalue weighted by Crippen LogP contribution is 2.39. The summed E-state index contributed by atoms with van der Waals surface area (Å²) >= 11 is 6.28. The number of fused-ring (bicyclic) bond motifs is 2. The number of anilines is 2. The van der Waals surface area contributed by atoms with Gasteiger partial charge in [-0.05, 0) is 54.6 Å². The third-order valence-corrected chi connectivity index (χ3v) is 4.49. The number of hydrogen-bond donors (Lipinski definition) is 0. The fraction of sp³-hybridized carbons (Fsp3) is 0.100. The second-order valence-electron chi connectivity index (χ2n) is 5.76. The SMILES string of the molecule is COc1ccc(C2=Nc3cccnc3N(C)c3ccc(Cl)cc32)cc1. The first-order valence-electron chi connectivity index (χ1n) is 7.89. The molecule has 0 radical (unpaired) electrons. The van der Waals surface area contributed by atoms with Crippen molar-refractivity contribution < 1.29 is 4.74 Å². The molecule has 1 aliphatic rings. The van der Waals surface area contributed by atoms with Gasteiger partial charge in [0.25, 0.3) is 0 Å². The van der Waals surface area contributed by atoms with Crippen LogP contribution in [0.3, 0.4) is 0 Å². The molecule has 5 heteroatoms. The minimum atomic E-state index is 0.673. The third kappa shape index (κ3) is 2.75. The highest BCUT2D eigenvalue weighted by Gasteiger charge is 2.22. The highest BCUT2D eigenvalue weighted by molar-refractivity contribution is 6.31. The molecule has 3 aromatic rings. The van der Waals surface area contributed by atoms with Crippen LogP contribution in [0.25, 0.3) is 0 Å². The van der Waals surface area contributed by atoms with Gasteiger partial charge >= 0.3 is 0 Å². The Morgan fingerprint density at radius 1 is 1.04 bits per heavy atom. The molecule has 0 bridgehead atoms. The predicted molar refractivity (Wildman–Crippen MR) is 102 cm³/mol. The van der Waals surface area contributed by atoms with E-state index in [1.165, 1.54) is 0 Å². The van der Waals surface area contributed by atoms with Crippen molar-refractivity contribution in [3.05, 3.63) is 76.9 Å². The van der Waals surface area contributed by atoms with Gasteiger partial charge in [-0.25, -0.2) is 9.98 Å². The molecular weight excluding hydrogens is 334 g/mol. The lowest BCUT2D eigenvalue weighted by molar-refractivity contribution is 0.415. The predicted octanol–water partition coefficient (Wildman–Crippen LogP) is 4.99. The molecule has 0 saturated carbocycles. The van der Waals surface area contributed by atoms with Crippen LogP contribution in [-0.4, -0.2) is 24.9 Å². The Balaban J connectivity index is 1.98. The summed E-state index contributed by atoms with van der Waals surface area (Å²) in [6.45, 7) is 0. The quantitative estimate of drug-likeness (QED) is 0.653. The minimum absolute atomic E-state index is 0.673. The number of methoxy groups -OCH3 is 1. The summed E-state index contributed by atoms with van der Waals surface area (Å²) in [5.74, 6) is 1.62. The Kier molecular flexibility index (Phi) is 3.90. The summed E-state index contributed by atoms with van der Waals surface area (Å²) in [6.07, 6.45) is 1.78.